The number of nitrogens with zero attached hydrogens (tertiary/aromatic N) is 3. The van der Waals surface area contributed by atoms with E-state index in [-0.39, 0.29) is 36.4 Å². The van der Waals surface area contributed by atoms with Crippen LogP contribution in [0.3, 0.4) is 0 Å². The van der Waals surface area contributed by atoms with Crippen LogP contribution in [0.1, 0.15) is 37.9 Å². The zero-order chi connectivity index (χ0) is 19.6. The highest BCUT2D eigenvalue weighted by molar-refractivity contribution is 5.98. The van der Waals surface area contributed by atoms with Gasteiger partial charge in [0.05, 0.1) is 5.69 Å². The Kier molecular flexibility index (Phi) is 8.61. The van der Waals surface area contributed by atoms with Crippen molar-refractivity contribution in [2.45, 2.75) is 50.7 Å². The Morgan fingerprint density at radius 2 is 1.97 bits per heavy atom. The van der Waals surface area contributed by atoms with E-state index in [1.807, 2.05) is 0 Å². The topological polar surface area (TPSA) is 81.1 Å². The van der Waals surface area contributed by atoms with Gasteiger partial charge in [0.2, 0.25) is 0 Å². The molecule has 0 radical (unpaired) electrons. The lowest BCUT2D eigenvalue weighted by molar-refractivity contribution is -0.140. The smallest absolute Gasteiger partial charge is 0.256 e. The number of carbonyl (C=O) groups is 1. The highest BCUT2D eigenvalue weighted by Crippen LogP contribution is 2.29. The Balaban J connectivity index is 0.00000160. The molecule has 0 saturated carbocycles. The molecule has 1 amide bonds. The molecule has 1 aromatic heterocycles. The number of carbonyl (C=O) groups excluding carboxylic acids is 1. The Bertz CT molecular complexity index is 871. The van der Waals surface area contributed by atoms with Crippen LogP contribution < -0.4 is 10.6 Å². The van der Waals surface area contributed by atoms with Crippen LogP contribution in [-0.4, -0.2) is 46.5 Å². The molecule has 0 aliphatic carbocycles. The number of halogens is 3. The van der Waals surface area contributed by atoms with Crippen molar-refractivity contribution in [1.29, 1.82) is 0 Å². The first-order valence-corrected chi connectivity index (χ1v) is 9.92. The number of ether oxygens (including phenoxy) is 1. The molecule has 0 unspecified atom stereocenters. The largest absolute Gasteiger partial charge is 0.368 e. The number of fused-ring (bicyclic) bond motifs is 1. The van der Waals surface area contributed by atoms with Gasteiger partial charge in [0.15, 0.2) is 5.82 Å². The van der Waals surface area contributed by atoms with E-state index >= 15 is 0 Å². The molecular weight excluding hydrogens is 432 g/mol. The summed E-state index contributed by atoms with van der Waals surface area (Å²) in [5.74, 6) is 0.895. The molecule has 1 aromatic carbocycles. The lowest BCUT2D eigenvalue weighted by Crippen LogP contribution is -2.51. The molecule has 2 N–H and O–H groups in total. The van der Waals surface area contributed by atoms with Gasteiger partial charge in [-0.1, -0.05) is 6.42 Å². The van der Waals surface area contributed by atoms with Crippen LogP contribution in [0, 0.1) is 5.82 Å². The minimum absolute atomic E-state index is 0. The fourth-order valence-corrected chi connectivity index (χ4v) is 4.05. The van der Waals surface area contributed by atoms with Crippen molar-refractivity contribution >= 4 is 36.4 Å². The molecule has 1 fully saturated rings. The number of rotatable bonds is 4. The Morgan fingerprint density at radius 1 is 1.20 bits per heavy atom. The lowest BCUT2D eigenvalue weighted by Gasteiger charge is -2.34. The Morgan fingerprint density at radius 3 is 2.70 bits per heavy atom. The van der Waals surface area contributed by atoms with Crippen LogP contribution in [0.15, 0.2) is 18.2 Å². The van der Waals surface area contributed by atoms with Crippen molar-refractivity contribution in [1.82, 2.24) is 20.1 Å². The van der Waals surface area contributed by atoms with Gasteiger partial charge < -0.3 is 19.9 Å². The first-order chi connectivity index (χ1) is 13.6. The molecule has 3 heterocycles. The summed E-state index contributed by atoms with van der Waals surface area (Å²) in [7, 11) is 1.53. The molecular formula is C20H28Cl2FN5O2. The maximum Gasteiger partial charge on any atom is 0.256 e. The van der Waals surface area contributed by atoms with E-state index in [1.54, 1.807) is 12.1 Å². The highest BCUT2D eigenvalue weighted by Gasteiger charge is 2.40. The normalized spacial score (nSPS) is 17.7. The maximum atomic E-state index is 14.5. The SMILES string of the molecule is COC1(C(=O)Nc2cc(-c3nnc4n3CCCCC4)ccc2F)CCNCC1.Cl.Cl. The number of aryl methyl sites for hydroxylation is 1. The van der Waals surface area contributed by atoms with Gasteiger partial charge in [-0.25, -0.2) is 4.39 Å². The zero-order valence-corrected chi connectivity index (χ0v) is 18.6. The Labute approximate surface area is 188 Å². The summed E-state index contributed by atoms with van der Waals surface area (Å²) >= 11 is 0. The van der Waals surface area contributed by atoms with E-state index in [4.69, 9.17) is 4.74 Å². The summed E-state index contributed by atoms with van der Waals surface area (Å²) in [6, 6.07) is 4.69. The van der Waals surface area contributed by atoms with Crippen molar-refractivity contribution in [3.63, 3.8) is 0 Å². The standard InChI is InChI=1S/C20H26FN5O2.2ClH/c1-28-20(8-10-22-11-9-20)19(27)23-16-13-14(6-7-15(16)21)18-25-24-17-5-3-2-4-12-26(17)18;;/h6-7,13,22H,2-5,8-12H2,1H3,(H,23,27);2*1H. The van der Waals surface area contributed by atoms with Gasteiger partial charge in [0.1, 0.15) is 17.2 Å². The van der Waals surface area contributed by atoms with Gasteiger partial charge in [-0.2, -0.15) is 0 Å². The third-order valence-corrected chi connectivity index (χ3v) is 5.80. The van der Waals surface area contributed by atoms with E-state index in [1.165, 1.54) is 19.6 Å². The molecule has 0 bridgehead atoms. The van der Waals surface area contributed by atoms with E-state index in [9.17, 15) is 9.18 Å². The van der Waals surface area contributed by atoms with Gasteiger partial charge in [-0.3, -0.25) is 4.79 Å². The highest BCUT2D eigenvalue weighted by atomic mass is 35.5. The average molecular weight is 460 g/mol. The number of aromatic nitrogens is 3. The summed E-state index contributed by atoms with van der Waals surface area (Å²) in [5.41, 5.74) is -0.0443. The third kappa shape index (κ3) is 4.77. The second-order valence-corrected chi connectivity index (χ2v) is 7.50. The van der Waals surface area contributed by atoms with Crippen LogP contribution in [-0.2, 0) is 22.5 Å². The van der Waals surface area contributed by atoms with Gasteiger partial charge in [0.25, 0.3) is 5.91 Å². The minimum Gasteiger partial charge on any atom is -0.368 e. The molecule has 10 heteroatoms. The van der Waals surface area contributed by atoms with Gasteiger partial charge in [-0.15, -0.1) is 35.0 Å². The molecule has 2 aliphatic rings. The molecule has 30 heavy (non-hydrogen) atoms. The first-order valence-electron chi connectivity index (χ1n) is 9.92. The van der Waals surface area contributed by atoms with Crippen LogP contribution in [0.25, 0.3) is 11.4 Å². The first kappa shape index (κ1) is 24.5. The molecule has 2 aliphatic heterocycles. The molecule has 7 nitrogen and oxygen atoms in total. The summed E-state index contributed by atoms with van der Waals surface area (Å²) in [6.45, 7) is 2.24. The van der Waals surface area contributed by atoms with Crippen molar-refractivity contribution in [3.8, 4) is 11.4 Å². The van der Waals surface area contributed by atoms with Gasteiger partial charge in [0, 0.05) is 25.6 Å². The summed E-state index contributed by atoms with van der Waals surface area (Å²) in [6.07, 6.45) is 5.36. The number of anilines is 1. The maximum absolute atomic E-state index is 14.5. The summed E-state index contributed by atoms with van der Waals surface area (Å²) < 4.78 is 22.1. The zero-order valence-electron chi connectivity index (χ0n) is 16.9. The van der Waals surface area contributed by atoms with E-state index in [2.05, 4.69) is 25.4 Å². The fraction of sp³-hybridized carbons (Fsp3) is 0.550. The van der Waals surface area contributed by atoms with E-state index in [0.29, 0.717) is 25.9 Å². The van der Waals surface area contributed by atoms with Crippen LogP contribution in [0.4, 0.5) is 10.1 Å². The number of amides is 1. The lowest BCUT2D eigenvalue weighted by atomic mass is 9.91. The Hall–Kier alpha value is -1.74. The van der Waals surface area contributed by atoms with Crippen molar-refractivity contribution in [2.24, 2.45) is 0 Å². The van der Waals surface area contributed by atoms with E-state index < -0.39 is 11.4 Å². The van der Waals surface area contributed by atoms with Crippen LogP contribution in [0.2, 0.25) is 0 Å². The minimum atomic E-state index is -0.931. The van der Waals surface area contributed by atoms with Crippen molar-refractivity contribution in [2.75, 3.05) is 25.5 Å². The molecule has 2 aromatic rings. The monoisotopic (exact) mass is 459 g/mol. The van der Waals surface area contributed by atoms with Crippen molar-refractivity contribution < 1.29 is 13.9 Å². The quantitative estimate of drug-likeness (QED) is 0.732. The number of methoxy groups -OCH3 is 1. The molecule has 166 valence electrons. The molecule has 0 spiro atoms. The number of benzene rings is 1. The number of hydrogen-bond donors (Lipinski definition) is 2. The second kappa shape index (κ2) is 10.5. The predicted molar refractivity (Wildman–Crippen MR) is 118 cm³/mol. The fourth-order valence-electron chi connectivity index (χ4n) is 4.05. The molecule has 1 saturated heterocycles. The average Bonchev–Trinajstić information content (AvgIpc) is 2.98. The van der Waals surface area contributed by atoms with Gasteiger partial charge >= 0.3 is 0 Å². The van der Waals surface area contributed by atoms with Crippen LogP contribution >= 0.6 is 24.8 Å². The number of piperidine rings is 1. The van der Waals surface area contributed by atoms with Gasteiger partial charge in [-0.05, 0) is 57.0 Å². The van der Waals surface area contributed by atoms with Crippen molar-refractivity contribution in [3.05, 3.63) is 29.8 Å². The molecule has 0 atom stereocenters. The van der Waals surface area contributed by atoms with Crippen LogP contribution in [0.5, 0.6) is 0 Å². The van der Waals surface area contributed by atoms with E-state index in [0.717, 1.165) is 43.0 Å². The number of nitrogens with one attached hydrogen (secondary N) is 2. The predicted octanol–water partition coefficient (Wildman–Crippen LogP) is 3.36. The third-order valence-electron chi connectivity index (χ3n) is 5.80. The summed E-state index contributed by atoms with van der Waals surface area (Å²) in [5, 5.41) is 14.6. The second-order valence-electron chi connectivity index (χ2n) is 7.50. The summed E-state index contributed by atoms with van der Waals surface area (Å²) in [4.78, 5) is 12.9. The molecule has 4 rings (SSSR count). The number of hydrogen-bond acceptors (Lipinski definition) is 5.